The molecule has 25 heavy (non-hydrogen) atoms. The van der Waals surface area contributed by atoms with Gasteiger partial charge in [0.1, 0.15) is 11.6 Å². The summed E-state index contributed by atoms with van der Waals surface area (Å²) in [6.45, 7) is 4.26. The van der Waals surface area contributed by atoms with Gasteiger partial charge in [0, 0.05) is 18.3 Å². The number of hydrogen-bond donors (Lipinski definition) is 0. The molecule has 0 spiro atoms. The number of hydrogen-bond acceptors (Lipinski definition) is 2. The molecule has 0 saturated carbocycles. The topological polar surface area (TPSA) is 31.2 Å². The van der Waals surface area contributed by atoms with Crippen LogP contribution in [0.25, 0.3) is 22.0 Å². The predicted molar refractivity (Wildman–Crippen MR) is 95.2 cm³/mol. The largest absolute Gasteiger partial charge is 0.497 e. The Labute approximate surface area is 144 Å². The minimum atomic E-state index is -0.762. The van der Waals surface area contributed by atoms with Crippen LogP contribution in [0.3, 0.4) is 0 Å². The van der Waals surface area contributed by atoms with Crippen LogP contribution in [-0.4, -0.2) is 11.7 Å². The van der Waals surface area contributed by atoms with Crippen molar-refractivity contribution in [2.24, 2.45) is 0 Å². The molecule has 0 radical (unpaired) electrons. The number of benzene rings is 2. The number of halogens is 2. The highest BCUT2D eigenvalue weighted by Gasteiger charge is 2.20. The van der Waals surface area contributed by atoms with E-state index in [1.807, 2.05) is 13.8 Å². The second-order valence-corrected chi connectivity index (χ2v) is 5.77. The zero-order valence-corrected chi connectivity index (χ0v) is 14.4. The lowest BCUT2D eigenvalue weighted by atomic mass is 10.0. The van der Waals surface area contributed by atoms with Gasteiger partial charge >= 0.3 is 0 Å². The van der Waals surface area contributed by atoms with Gasteiger partial charge in [0.2, 0.25) is 0 Å². The molecule has 1 heterocycles. The molecular weight excluding hydrogens is 324 g/mol. The third-order valence-corrected chi connectivity index (χ3v) is 4.41. The summed E-state index contributed by atoms with van der Waals surface area (Å²) in [4.78, 5) is 12.3. The first-order chi connectivity index (χ1) is 12.0. The summed E-state index contributed by atoms with van der Waals surface area (Å²) in [5.74, 6) is -0.980. The summed E-state index contributed by atoms with van der Waals surface area (Å²) < 4.78 is 36.9. The smallest absolute Gasteiger partial charge is 0.189 e. The van der Waals surface area contributed by atoms with E-state index in [2.05, 4.69) is 0 Å². The van der Waals surface area contributed by atoms with E-state index in [-0.39, 0.29) is 21.9 Å². The number of fused-ring (bicyclic) bond motifs is 1. The molecule has 1 aromatic heterocycles. The van der Waals surface area contributed by atoms with Gasteiger partial charge in [-0.2, -0.15) is 0 Å². The number of methoxy groups -OCH3 is 1. The molecule has 0 N–H and O–H groups in total. The van der Waals surface area contributed by atoms with E-state index in [0.29, 0.717) is 24.3 Å². The number of aryl methyl sites for hydroxylation is 2. The summed E-state index contributed by atoms with van der Waals surface area (Å²) >= 11 is 0. The molecule has 5 heteroatoms. The van der Waals surface area contributed by atoms with Crippen molar-refractivity contribution >= 4 is 10.9 Å². The molecule has 0 aliphatic rings. The second-order valence-electron chi connectivity index (χ2n) is 5.77. The van der Waals surface area contributed by atoms with Gasteiger partial charge in [-0.25, -0.2) is 8.78 Å². The second kappa shape index (κ2) is 6.67. The van der Waals surface area contributed by atoms with Crippen LogP contribution < -0.4 is 10.2 Å². The van der Waals surface area contributed by atoms with Crippen molar-refractivity contribution in [3.63, 3.8) is 0 Å². The monoisotopic (exact) mass is 343 g/mol. The third kappa shape index (κ3) is 2.80. The predicted octanol–water partition coefficient (Wildman–Crippen LogP) is 4.54. The van der Waals surface area contributed by atoms with E-state index in [0.717, 1.165) is 11.8 Å². The van der Waals surface area contributed by atoms with E-state index in [1.165, 1.54) is 13.2 Å². The van der Waals surface area contributed by atoms with E-state index >= 15 is 4.39 Å². The summed E-state index contributed by atoms with van der Waals surface area (Å²) in [6, 6.07) is 9.15. The maximum atomic E-state index is 15.4. The Morgan fingerprint density at radius 2 is 1.88 bits per heavy atom. The Hall–Kier alpha value is -2.69. The van der Waals surface area contributed by atoms with E-state index in [9.17, 15) is 9.18 Å². The Morgan fingerprint density at radius 3 is 2.52 bits per heavy atom. The lowest BCUT2D eigenvalue weighted by Gasteiger charge is -2.17. The molecule has 3 nitrogen and oxygen atoms in total. The van der Waals surface area contributed by atoms with Crippen molar-refractivity contribution in [2.45, 2.75) is 26.8 Å². The summed E-state index contributed by atoms with van der Waals surface area (Å²) in [5.41, 5.74) is 0.717. The zero-order chi connectivity index (χ0) is 18.1. The first-order valence-electron chi connectivity index (χ1n) is 8.20. The van der Waals surface area contributed by atoms with Gasteiger partial charge in [0.25, 0.3) is 0 Å². The molecule has 3 rings (SSSR count). The first kappa shape index (κ1) is 17.1. The van der Waals surface area contributed by atoms with Crippen molar-refractivity contribution < 1.29 is 13.5 Å². The lowest BCUT2D eigenvalue weighted by Crippen LogP contribution is -2.15. The standard InChI is InChI=1S/C20H19F2NO2/c1-4-13-10-17(24)15-11-16(21)18(19(22)20(15)23(13)5-2)12-7-6-8-14(9-12)25-3/h6-11H,4-5H2,1-3H3. The van der Waals surface area contributed by atoms with Gasteiger partial charge in [-0.3, -0.25) is 4.79 Å². The number of aromatic nitrogens is 1. The molecule has 3 aromatic rings. The first-order valence-corrected chi connectivity index (χ1v) is 8.20. The van der Waals surface area contributed by atoms with Crippen molar-refractivity contribution in [1.82, 2.24) is 4.57 Å². The Kier molecular flexibility index (Phi) is 4.57. The quantitative estimate of drug-likeness (QED) is 0.696. The molecular formula is C20H19F2NO2. The molecule has 0 bridgehead atoms. The highest BCUT2D eigenvalue weighted by atomic mass is 19.1. The minimum absolute atomic E-state index is 0.0562. The van der Waals surface area contributed by atoms with Crippen LogP contribution in [0.2, 0.25) is 0 Å². The van der Waals surface area contributed by atoms with E-state index in [4.69, 9.17) is 4.74 Å². The number of nitrogens with zero attached hydrogens (tertiary/aromatic N) is 1. The molecule has 0 aliphatic carbocycles. The summed E-state index contributed by atoms with van der Waals surface area (Å²) in [6.07, 6.45) is 0.588. The summed E-state index contributed by atoms with van der Waals surface area (Å²) in [5, 5.41) is 0.0562. The highest BCUT2D eigenvalue weighted by Crippen LogP contribution is 2.33. The van der Waals surface area contributed by atoms with Crippen molar-refractivity contribution in [3.05, 3.63) is 63.9 Å². The Bertz CT molecular complexity index is 1010. The molecule has 0 aliphatic heterocycles. The summed E-state index contributed by atoms with van der Waals surface area (Å²) in [7, 11) is 1.49. The van der Waals surface area contributed by atoms with Crippen LogP contribution >= 0.6 is 0 Å². The molecule has 2 aromatic carbocycles. The highest BCUT2D eigenvalue weighted by molar-refractivity contribution is 5.86. The fourth-order valence-electron chi connectivity index (χ4n) is 3.21. The average Bonchev–Trinajstić information content (AvgIpc) is 2.62. The van der Waals surface area contributed by atoms with Crippen molar-refractivity contribution in [3.8, 4) is 16.9 Å². The van der Waals surface area contributed by atoms with Gasteiger partial charge in [-0.1, -0.05) is 19.1 Å². The van der Waals surface area contributed by atoms with Gasteiger partial charge in [-0.15, -0.1) is 0 Å². The van der Waals surface area contributed by atoms with Crippen LogP contribution in [0.4, 0.5) is 8.78 Å². The number of ether oxygens (including phenoxy) is 1. The Morgan fingerprint density at radius 1 is 1.12 bits per heavy atom. The van der Waals surface area contributed by atoms with Crippen LogP contribution in [0.15, 0.2) is 41.2 Å². The lowest BCUT2D eigenvalue weighted by molar-refractivity contribution is 0.415. The molecule has 0 unspecified atom stereocenters. The third-order valence-electron chi connectivity index (χ3n) is 4.41. The normalized spacial score (nSPS) is 11.1. The van der Waals surface area contributed by atoms with Crippen LogP contribution in [-0.2, 0) is 13.0 Å². The zero-order valence-electron chi connectivity index (χ0n) is 14.4. The molecule has 0 amide bonds. The maximum Gasteiger partial charge on any atom is 0.189 e. The van der Waals surface area contributed by atoms with Gasteiger partial charge in [0.05, 0.1) is 23.6 Å². The van der Waals surface area contributed by atoms with Crippen molar-refractivity contribution in [1.29, 1.82) is 0 Å². The number of rotatable bonds is 4. The minimum Gasteiger partial charge on any atom is -0.497 e. The van der Waals surface area contributed by atoms with Crippen molar-refractivity contribution in [2.75, 3.05) is 7.11 Å². The van der Waals surface area contributed by atoms with Crippen LogP contribution in [0, 0.1) is 11.6 Å². The fraction of sp³-hybridized carbons (Fsp3) is 0.250. The van der Waals surface area contributed by atoms with Crippen LogP contribution in [0.1, 0.15) is 19.5 Å². The Balaban J connectivity index is 2.44. The molecule has 0 atom stereocenters. The molecule has 0 fully saturated rings. The van der Waals surface area contributed by atoms with E-state index < -0.39 is 11.6 Å². The maximum absolute atomic E-state index is 15.4. The van der Waals surface area contributed by atoms with Gasteiger partial charge < -0.3 is 9.30 Å². The number of pyridine rings is 1. The fourth-order valence-corrected chi connectivity index (χ4v) is 3.21. The SMILES string of the molecule is CCc1cc(=O)c2cc(F)c(-c3cccc(OC)c3)c(F)c2n1CC. The van der Waals surface area contributed by atoms with Gasteiger partial charge in [-0.05, 0) is 37.1 Å². The average molecular weight is 343 g/mol. The molecule has 0 saturated heterocycles. The van der Waals surface area contributed by atoms with Crippen LogP contribution in [0.5, 0.6) is 5.75 Å². The van der Waals surface area contributed by atoms with Gasteiger partial charge in [0.15, 0.2) is 11.2 Å². The molecule has 130 valence electrons. The van der Waals surface area contributed by atoms with E-state index in [1.54, 1.807) is 28.8 Å².